The molecule has 7 heteroatoms. The van der Waals surface area contributed by atoms with Gasteiger partial charge in [-0.15, -0.1) is 0 Å². The zero-order chi connectivity index (χ0) is 16.0. The van der Waals surface area contributed by atoms with Crippen LogP contribution in [-0.2, 0) is 9.47 Å². The molecule has 1 unspecified atom stereocenters. The molecule has 7 nitrogen and oxygen atoms in total. The number of rotatable bonds is 7. The first-order valence-corrected chi connectivity index (χ1v) is 6.30. The lowest BCUT2D eigenvalue weighted by atomic mass is 10.0. The Balaban J connectivity index is 2.98. The molecule has 0 saturated heterocycles. The van der Waals surface area contributed by atoms with Crippen LogP contribution in [0.15, 0.2) is 18.2 Å². The van der Waals surface area contributed by atoms with Crippen molar-refractivity contribution in [3.8, 4) is 0 Å². The Morgan fingerprint density at radius 1 is 1.14 bits per heavy atom. The maximum Gasteiger partial charge on any atom is 0.341 e. The lowest BCUT2D eigenvalue weighted by Crippen LogP contribution is -2.21. The molecule has 0 aliphatic heterocycles. The number of carboxylic acid groups (broad SMARTS) is 2. The molecule has 0 radical (unpaired) electrons. The first kappa shape index (κ1) is 16.6. The molecule has 0 aliphatic rings. The molecule has 0 saturated carbocycles. The maximum absolute atomic E-state index is 11.9. The van der Waals surface area contributed by atoms with Crippen molar-refractivity contribution in [2.45, 2.75) is 26.6 Å². The highest BCUT2D eigenvalue weighted by Crippen LogP contribution is 2.15. The molecule has 2 N–H and O–H groups in total. The Labute approximate surface area is 121 Å². The van der Waals surface area contributed by atoms with Gasteiger partial charge in [-0.1, -0.05) is 6.92 Å². The van der Waals surface area contributed by atoms with Gasteiger partial charge in [-0.25, -0.2) is 14.4 Å². The zero-order valence-electron chi connectivity index (χ0n) is 11.7. The molecule has 0 aliphatic carbocycles. The standard InChI is InChI=1S/C14H16O7/c1-3-6-20-8(2)21-14(19)10-5-4-9(12(15)16)7-11(10)13(17)18/h4-5,7-8H,3,6H2,1-2H3,(H,15,16)(H,17,18). The van der Waals surface area contributed by atoms with Crippen LogP contribution in [0, 0.1) is 0 Å². The zero-order valence-corrected chi connectivity index (χ0v) is 11.7. The predicted molar refractivity (Wildman–Crippen MR) is 71.5 cm³/mol. The van der Waals surface area contributed by atoms with E-state index in [-0.39, 0.29) is 11.1 Å². The van der Waals surface area contributed by atoms with Gasteiger partial charge in [-0.3, -0.25) is 0 Å². The highest BCUT2D eigenvalue weighted by molar-refractivity contribution is 6.04. The van der Waals surface area contributed by atoms with Crippen molar-refractivity contribution in [3.63, 3.8) is 0 Å². The molecule has 21 heavy (non-hydrogen) atoms. The van der Waals surface area contributed by atoms with Gasteiger partial charge in [0.05, 0.1) is 23.3 Å². The summed E-state index contributed by atoms with van der Waals surface area (Å²) in [5.41, 5.74) is -0.874. The summed E-state index contributed by atoms with van der Waals surface area (Å²) in [6.45, 7) is 3.81. The van der Waals surface area contributed by atoms with Gasteiger partial charge >= 0.3 is 17.9 Å². The number of hydrogen-bond acceptors (Lipinski definition) is 5. The second-order valence-electron chi connectivity index (χ2n) is 4.21. The second-order valence-corrected chi connectivity index (χ2v) is 4.21. The van der Waals surface area contributed by atoms with E-state index in [1.54, 1.807) is 0 Å². The Morgan fingerprint density at radius 3 is 2.33 bits per heavy atom. The van der Waals surface area contributed by atoms with Gasteiger partial charge in [0.2, 0.25) is 0 Å². The van der Waals surface area contributed by atoms with Crippen LogP contribution in [0.5, 0.6) is 0 Å². The van der Waals surface area contributed by atoms with E-state index in [1.807, 2.05) is 6.92 Å². The van der Waals surface area contributed by atoms with E-state index in [1.165, 1.54) is 6.92 Å². The Hall–Kier alpha value is -2.41. The number of ether oxygens (including phenoxy) is 2. The largest absolute Gasteiger partial charge is 0.478 e. The van der Waals surface area contributed by atoms with Crippen LogP contribution < -0.4 is 0 Å². The highest BCUT2D eigenvalue weighted by atomic mass is 16.7. The quantitative estimate of drug-likeness (QED) is 0.585. The third-order valence-corrected chi connectivity index (χ3v) is 2.55. The van der Waals surface area contributed by atoms with Gasteiger partial charge in [0.15, 0.2) is 6.29 Å². The van der Waals surface area contributed by atoms with Crippen molar-refractivity contribution in [2.75, 3.05) is 6.61 Å². The Kier molecular flexibility index (Phi) is 5.86. The van der Waals surface area contributed by atoms with Crippen LogP contribution in [0.1, 0.15) is 51.3 Å². The number of carbonyl (C=O) groups is 3. The fourth-order valence-electron chi connectivity index (χ4n) is 1.56. The van der Waals surface area contributed by atoms with Crippen molar-refractivity contribution in [1.82, 2.24) is 0 Å². The topological polar surface area (TPSA) is 110 Å². The smallest absolute Gasteiger partial charge is 0.341 e. The van der Waals surface area contributed by atoms with Gasteiger partial charge < -0.3 is 19.7 Å². The first-order chi connectivity index (χ1) is 9.86. The van der Waals surface area contributed by atoms with E-state index in [2.05, 4.69) is 0 Å². The third-order valence-electron chi connectivity index (χ3n) is 2.55. The van der Waals surface area contributed by atoms with Crippen LogP contribution in [0.2, 0.25) is 0 Å². The Bertz CT molecular complexity index is 550. The van der Waals surface area contributed by atoms with Gasteiger partial charge in [0, 0.05) is 0 Å². The summed E-state index contributed by atoms with van der Waals surface area (Å²) in [5, 5.41) is 17.9. The summed E-state index contributed by atoms with van der Waals surface area (Å²) in [4.78, 5) is 33.9. The van der Waals surface area contributed by atoms with Crippen LogP contribution in [-0.4, -0.2) is 41.0 Å². The molecular formula is C14H16O7. The van der Waals surface area contributed by atoms with E-state index in [4.69, 9.17) is 19.7 Å². The second kappa shape index (κ2) is 7.39. The molecule has 0 bridgehead atoms. The minimum absolute atomic E-state index is 0.223. The summed E-state index contributed by atoms with van der Waals surface area (Å²) in [6.07, 6.45) is -0.0755. The van der Waals surface area contributed by atoms with Gasteiger partial charge in [0.1, 0.15) is 0 Å². The SMILES string of the molecule is CCCOC(C)OC(=O)c1ccc(C(=O)O)cc1C(=O)O. The van der Waals surface area contributed by atoms with Crippen molar-refractivity contribution in [2.24, 2.45) is 0 Å². The summed E-state index contributed by atoms with van der Waals surface area (Å²) in [6, 6.07) is 3.17. The molecule has 0 amide bonds. The lowest BCUT2D eigenvalue weighted by molar-refractivity contribution is -0.0978. The molecule has 114 valence electrons. The van der Waals surface area contributed by atoms with E-state index < -0.39 is 29.8 Å². The van der Waals surface area contributed by atoms with Crippen LogP contribution in [0.3, 0.4) is 0 Å². The van der Waals surface area contributed by atoms with Crippen LogP contribution >= 0.6 is 0 Å². The number of hydrogen-bond donors (Lipinski definition) is 2. The van der Waals surface area contributed by atoms with Crippen LogP contribution in [0.4, 0.5) is 0 Å². The van der Waals surface area contributed by atoms with Gasteiger partial charge in [-0.2, -0.15) is 0 Å². The van der Waals surface area contributed by atoms with E-state index in [0.29, 0.717) is 6.61 Å². The summed E-state index contributed by atoms with van der Waals surface area (Å²) < 4.78 is 10.1. The minimum atomic E-state index is -1.41. The lowest BCUT2D eigenvalue weighted by Gasteiger charge is -2.14. The number of benzene rings is 1. The number of carboxylic acids is 2. The fraction of sp³-hybridized carbons (Fsp3) is 0.357. The van der Waals surface area contributed by atoms with E-state index in [0.717, 1.165) is 24.6 Å². The monoisotopic (exact) mass is 296 g/mol. The average Bonchev–Trinajstić information content (AvgIpc) is 2.44. The molecule has 1 aromatic rings. The molecule has 0 heterocycles. The van der Waals surface area contributed by atoms with Crippen molar-refractivity contribution in [3.05, 3.63) is 34.9 Å². The highest BCUT2D eigenvalue weighted by Gasteiger charge is 2.21. The molecule has 1 aromatic carbocycles. The van der Waals surface area contributed by atoms with E-state index >= 15 is 0 Å². The number of aromatic carboxylic acids is 2. The summed E-state index contributed by atoms with van der Waals surface area (Å²) in [5.74, 6) is -3.57. The predicted octanol–water partition coefficient (Wildman–Crippen LogP) is 2.01. The third kappa shape index (κ3) is 4.57. The summed E-state index contributed by atoms with van der Waals surface area (Å²) in [7, 11) is 0. The molecule has 1 rings (SSSR count). The van der Waals surface area contributed by atoms with Gasteiger partial charge in [-0.05, 0) is 31.5 Å². The molecule has 1 atom stereocenters. The molecule has 0 spiro atoms. The number of carbonyl (C=O) groups excluding carboxylic acids is 1. The van der Waals surface area contributed by atoms with Crippen LogP contribution in [0.25, 0.3) is 0 Å². The first-order valence-electron chi connectivity index (χ1n) is 6.30. The van der Waals surface area contributed by atoms with Crippen molar-refractivity contribution < 1.29 is 34.1 Å². The maximum atomic E-state index is 11.9. The van der Waals surface area contributed by atoms with Crippen molar-refractivity contribution in [1.29, 1.82) is 0 Å². The van der Waals surface area contributed by atoms with Gasteiger partial charge in [0.25, 0.3) is 0 Å². The minimum Gasteiger partial charge on any atom is -0.478 e. The molecule has 0 aromatic heterocycles. The van der Waals surface area contributed by atoms with E-state index in [9.17, 15) is 14.4 Å². The molecular weight excluding hydrogens is 280 g/mol. The summed E-state index contributed by atoms with van der Waals surface area (Å²) >= 11 is 0. The van der Waals surface area contributed by atoms with Crippen molar-refractivity contribution >= 4 is 17.9 Å². The molecule has 0 fully saturated rings. The Morgan fingerprint density at radius 2 is 1.81 bits per heavy atom. The fourth-order valence-corrected chi connectivity index (χ4v) is 1.56. The average molecular weight is 296 g/mol. The normalized spacial score (nSPS) is 11.7. The number of esters is 1.